The number of hydrogen-bond donors (Lipinski definition) is 1. The molecule has 7 heteroatoms. The Bertz CT molecular complexity index is 759. The van der Waals surface area contributed by atoms with Crippen LogP contribution in [0.3, 0.4) is 0 Å². The molecular formula is C12H8BrClN4O. The fraction of sp³-hybridized carbons (Fsp3) is 0.0833. The molecule has 0 aliphatic carbocycles. The first-order chi connectivity index (χ1) is 9.11. The topological polar surface area (TPSA) is 63.8 Å². The van der Waals surface area contributed by atoms with Crippen LogP contribution in [0.4, 0.5) is 11.5 Å². The number of rotatable bonds is 2. The standard InChI is InChI=1S/C12H8BrClN4O/c1-6-16-9-4-7(2-3-10(9)19-6)17-11-8(13)5-15-12(14)18-11/h2-5H,1H3,(H,15,17,18). The zero-order valence-electron chi connectivity index (χ0n) is 9.82. The average molecular weight is 340 g/mol. The summed E-state index contributed by atoms with van der Waals surface area (Å²) in [6.07, 6.45) is 1.59. The SMILES string of the molecule is Cc1nc2cc(Nc3nc(Cl)ncc3Br)ccc2o1. The van der Waals surface area contributed by atoms with Gasteiger partial charge in [0.1, 0.15) is 11.3 Å². The third-order valence-electron chi connectivity index (χ3n) is 2.47. The van der Waals surface area contributed by atoms with E-state index < -0.39 is 0 Å². The van der Waals surface area contributed by atoms with Crippen LogP contribution in [0.1, 0.15) is 5.89 Å². The van der Waals surface area contributed by atoms with Gasteiger partial charge in [-0.3, -0.25) is 0 Å². The third-order valence-corrected chi connectivity index (χ3v) is 3.23. The van der Waals surface area contributed by atoms with Crippen molar-refractivity contribution in [3.8, 4) is 0 Å². The van der Waals surface area contributed by atoms with Crippen molar-refractivity contribution in [2.24, 2.45) is 0 Å². The molecular weight excluding hydrogens is 332 g/mol. The molecule has 19 heavy (non-hydrogen) atoms. The number of oxazole rings is 1. The van der Waals surface area contributed by atoms with Crippen LogP contribution in [0.25, 0.3) is 11.1 Å². The number of nitrogens with zero attached hydrogens (tertiary/aromatic N) is 3. The highest BCUT2D eigenvalue weighted by Crippen LogP contribution is 2.26. The third kappa shape index (κ3) is 2.54. The predicted molar refractivity (Wildman–Crippen MR) is 76.8 cm³/mol. The van der Waals surface area contributed by atoms with Gasteiger partial charge < -0.3 is 9.73 Å². The van der Waals surface area contributed by atoms with Gasteiger partial charge in [-0.25, -0.2) is 9.97 Å². The van der Waals surface area contributed by atoms with Gasteiger partial charge >= 0.3 is 0 Å². The molecule has 0 radical (unpaired) electrons. The molecule has 0 unspecified atom stereocenters. The van der Waals surface area contributed by atoms with Gasteiger partial charge in [-0.1, -0.05) is 0 Å². The van der Waals surface area contributed by atoms with Gasteiger partial charge in [0.15, 0.2) is 11.5 Å². The first kappa shape index (κ1) is 12.4. The molecule has 1 N–H and O–H groups in total. The van der Waals surface area contributed by atoms with Crippen LogP contribution in [0.15, 0.2) is 33.3 Å². The summed E-state index contributed by atoms with van der Waals surface area (Å²) in [7, 11) is 0. The minimum Gasteiger partial charge on any atom is -0.441 e. The molecule has 96 valence electrons. The van der Waals surface area contributed by atoms with Gasteiger partial charge in [-0.05, 0) is 45.7 Å². The molecule has 0 bridgehead atoms. The van der Waals surface area contributed by atoms with Crippen LogP contribution in [-0.4, -0.2) is 15.0 Å². The van der Waals surface area contributed by atoms with Crippen molar-refractivity contribution < 1.29 is 4.42 Å². The van der Waals surface area contributed by atoms with Crippen LogP contribution >= 0.6 is 27.5 Å². The molecule has 3 rings (SSSR count). The Kier molecular flexibility index (Phi) is 3.12. The van der Waals surface area contributed by atoms with E-state index in [9.17, 15) is 0 Å². The Labute approximate surface area is 122 Å². The average Bonchev–Trinajstić information content (AvgIpc) is 2.73. The quantitative estimate of drug-likeness (QED) is 0.713. The lowest BCUT2D eigenvalue weighted by Crippen LogP contribution is -1.96. The molecule has 0 saturated heterocycles. The molecule has 0 fully saturated rings. The summed E-state index contributed by atoms with van der Waals surface area (Å²) in [6, 6.07) is 5.62. The molecule has 5 nitrogen and oxygen atoms in total. The van der Waals surface area contributed by atoms with E-state index in [0.29, 0.717) is 11.7 Å². The van der Waals surface area contributed by atoms with Gasteiger partial charge in [0.2, 0.25) is 5.28 Å². The maximum atomic E-state index is 5.77. The number of aromatic nitrogens is 3. The molecule has 0 atom stereocenters. The molecule has 1 aromatic carbocycles. The van der Waals surface area contributed by atoms with Crippen LogP contribution in [0, 0.1) is 6.92 Å². The van der Waals surface area contributed by atoms with Crippen molar-refractivity contribution in [3.05, 3.63) is 40.0 Å². The van der Waals surface area contributed by atoms with Crippen LogP contribution in [0.2, 0.25) is 5.28 Å². The van der Waals surface area contributed by atoms with Gasteiger partial charge in [0, 0.05) is 18.8 Å². The van der Waals surface area contributed by atoms with E-state index in [-0.39, 0.29) is 5.28 Å². The number of nitrogens with one attached hydrogen (secondary N) is 1. The van der Waals surface area contributed by atoms with E-state index in [1.165, 1.54) is 0 Å². The molecule has 3 aromatic rings. The zero-order valence-corrected chi connectivity index (χ0v) is 12.2. The Hall–Kier alpha value is -1.66. The minimum absolute atomic E-state index is 0.184. The number of halogens is 2. The van der Waals surface area contributed by atoms with Gasteiger partial charge in [0.05, 0.1) is 4.47 Å². The number of hydrogen-bond acceptors (Lipinski definition) is 5. The molecule has 0 aliphatic heterocycles. The summed E-state index contributed by atoms with van der Waals surface area (Å²) in [5.41, 5.74) is 2.39. The lowest BCUT2D eigenvalue weighted by Gasteiger charge is -2.06. The highest BCUT2D eigenvalue weighted by Gasteiger charge is 2.07. The Morgan fingerprint density at radius 3 is 3.00 bits per heavy atom. The van der Waals surface area contributed by atoms with Crippen LogP contribution in [0.5, 0.6) is 0 Å². The highest BCUT2D eigenvalue weighted by atomic mass is 79.9. The first-order valence-electron chi connectivity index (χ1n) is 5.44. The lowest BCUT2D eigenvalue weighted by molar-refractivity contribution is 0.561. The van der Waals surface area contributed by atoms with Crippen molar-refractivity contribution in [1.82, 2.24) is 15.0 Å². The van der Waals surface area contributed by atoms with Crippen LogP contribution < -0.4 is 5.32 Å². The monoisotopic (exact) mass is 338 g/mol. The Balaban J connectivity index is 1.98. The summed E-state index contributed by atoms with van der Waals surface area (Å²) in [4.78, 5) is 12.3. The zero-order chi connectivity index (χ0) is 13.4. The number of aryl methyl sites for hydroxylation is 1. The van der Waals surface area contributed by atoms with E-state index in [0.717, 1.165) is 21.3 Å². The molecule has 0 amide bonds. The molecule has 2 heterocycles. The second-order valence-electron chi connectivity index (χ2n) is 3.88. The van der Waals surface area contributed by atoms with Gasteiger partial charge in [-0.2, -0.15) is 4.98 Å². The fourth-order valence-corrected chi connectivity index (χ4v) is 2.11. The maximum absolute atomic E-state index is 5.77. The first-order valence-corrected chi connectivity index (χ1v) is 6.61. The summed E-state index contributed by atoms with van der Waals surface area (Å²) >= 11 is 9.13. The molecule has 2 aromatic heterocycles. The van der Waals surface area contributed by atoms with Crippen molar-refractivity contribution in [1.29, 1.82) is 0 Å². The smallest absolute Gasteiger partial charge is 0.224 e. The van der Waals surface area contributed by atoms with E-state index in [2.05, 4.69) is 36.2 Å². The van der Waals surface area contributed by atoms with Crippen molar-refractivity contribution in [2.45, 2.75) is 6.92 Å². The second-order valence-corrected chi connectivity index (χ2v) is 5.07. The van der Waals surface area contributed by atoms with Gasteiger partial charge in [0.25, 0.3) is 0 Å². The summed E-state index contributed by atoms with van der Waals surface area (Å²) in [6.45, 7) is 1.81. The molecule has 0 saturated carbocycles. The summed E-state index contributed by atoms with van der Waals surface area (Å²) in [5, 5.41) is 3.33. The predicted octanol–water partition coefficient (Wildman–Crippen LogP) is 4.09. The summed E-state index contributed by atoms with van der Waals surface area (Å²) < 4.78 is 6.15. The fourth-order valence-electron chi connectivity index (χ4n) is 1.69. The number of benzene rings is 1. The molecule has 0 spiro atoms. The van der Waals surface area contributed by atoms with Crippen molar-refractivity contribution in [3.63, 3.8) is 0 Å². The number of fused-ring (bicyclic) bond motifs is 1. The van der Waals surface area contributed by atoms with E-state index in [4.69, 9.17) is 16.0 Å². The normalized spacial score (nSPS) is 10.9. The number of anilines is 2. The Morgan fingerprint density at radius 1 is 1.32 bits per heavy atom. The second kappa shape index (κ2) is 4.79. The summed E-state index contributed by atoms with van der Waals surface area (Å²) in [5.74, 6) is 1.23. The van der Waals surface area contributed by atoms with Gasteiger partial charge in [-0.15, -0.1) is 0 Å². The maximum Gasteiger partial charge on any atom is 0.224 e. The minimum atomic E-state index is 0.184. The van der Waals surface area contributed by atoms with E-state index >= 15 is 0 Å². The highest BCUT2D eigenvalue weighted by molar-refractivity contribution is 9.10. The van der Waals surface area contributed by atoms with Crippen molar-refractivity contribution in [2.75, 3.05) is 5.32 Å². The van der Waals surface area contributed by atoms with Crippen LogP contribution in [-0.2, 0) is 0 Å². The van der Waals surface area contributed by atoms with E-state index in [1.54, 1.807) is 6.20 Å². The lowest BCUT2D eigenvalue weighted by atomic mass is 10.3. The van der Waals surface area contributed by atoms with Crippen molar-refractivity contribution >= 4 is 50.1 Å². The largest absolute Gasteiger partial charge is 0.441 e. The van der Waals surface area contributed by atoms with E-state index in [1.807, 2.05) is 25.1 Å². The molecule has 0 aliphatic rings. The Morgan fingerprint density at radius 2 is 2.16 bits per heavy atom.